The quantitative estimate of drug-likeness (QED) is 0.577. The number of benzene rings is 2. The van der Waals surface area contributed by atoms with E-state index >= 15 is 0 Å². The number of hydrogen-bond acceptors (Lipinski definition) is 5. The van der Waals surface area contributed by atoms with Crippen LogP contribution < -0.4 is 4.74 Å². The monoisotopic (exact) mass is 367 g/mol. The largest absolute Gasteiger partial charge is 0.496 e. The highest BCUT2D eigenvalue weighted by atomic mass is 16.5. The first-order valence-corrected chi connectivity index (χ1v) is 9.19. The number of nitrogens with zero attached hydrogens (tertiary/aromatic N) is 1. The highest BCUT2D eigenvalue weighted by molar-refractivity contribution is 6.00. The molecule has 0 unspecified atom stereocenters. The van der Waals surface area contributed by atoms with Crippen molar-refractivity contribution < 1.29 is 19.1 Å². The third-order valence-electron chi connectivity index (χ3n) is 5.03. The number of rotatable bonds is 6. The lowest BCUT2D eigenvalue weighted by Crippen LogP contribution is -2.38. The summed E-state index contributed by atoms with van der Waals surface area (Å²) in [5.74, 6) is 0.433. The third-order valence-corrected chi connectivity index (χ3v) is 5.03. The molecule has 1 fully saturated rings. The van der Waals surface area contributed by atoms with E-state index in [1.807, 2.05) is 36.4 Å². The lowest BCUT2D eigenvalue weighted by molar-refractivity contribution is 0.0600. The van der Waals surface area contributed by atoms with E-state index in [0.717, 1.165) is 38.0 Å². The van der Waals surface area contributed by atoms with Crippen molar-refractivity contribution in [3.8, 4) is 5.75 Å². The van der Waals surface area contributed by atoms with Crippen molar-refractivity contribution in [3.63, 3.8) is 0 Å². The van der Waals surface area contributed by atoms with E-state index in [0.29, 0.717) is 16.9 Å². The van der Waals surface area contributed by atoms with Gasteiger partial charge >= 0.3 is 5.97 Å². The predicted molar refractivity (Wildman–Crippen MR) is 103 cm³/mol. The molecule has 0 bridgehead atoms. The molecule has 1 atom stereocenters. The molecule has 0 spiro atoms. The first-order chi connectivity index (χ1) is 13.1. The molecule has 5 nitrogen and oxygen atoms in total. The fourth-order valence-corrected chi connectivity index (χ4v) is 3.60. The van der Waals surface area contributed by atoms with E-state index in [4.69, 9.17) is 9.47 Å². The Morgan fingerprint density at radius 1 is 1.07 bits per heavy atom. The van der Waals surface area contributed by atoms with Crippen molar-refractivity contribution in [2.75, 3.05) is 27.3 Å². The fourth-order valence-electron chi connectivity index (χ4n) is 3.60. The van der Waals surface area contributed by atoms with Gasteiger partial charge in [-0.2, -0.15) is 0 Å². The van der Waals surface area contributed by atoms with Crippen LogP contribution in [0.4, 0.5) is 0 Å². The number of methoxy groups -OCH3 is 2. The first kappa shape index (κ1) is 19.1. The number of ether oxygens (including phenoxy) is 2. The molecule has 27 heavy (non-hydrogen) atoms. The van der Waals surface area contributed by atoms with Gasteiger partial charge < -0.3 is 9.47 Å². The lowest BCUT2D eigenvalue weighted by Gasteiger charge is -2.32. The summed E-state index contributed by atoms with van der Waals surface area (Å²) in [5.41, 5.74) is 2.33. The summed E-state index contributed by atoms with van der Waals surface area (Å²) in [7, 11) is 2.97. The van der Waals surface area contributed by atoms with Crippen LogP contribution in [0.5, 0.6) is 5.75 Å². The minimum atomic E-state index is -0.331. The molecule has 1 aliphatic heterocycles. The average Bonchev–Trinajstić information content (AvgIpc) is 2.73. The second-order valence-electron chi connectivity index (χ2n) is 6.83. The second kappa shape index (κ2) is 8.82. The highest BCUT2D eigenvalue weighted by Gasteiger charge is 2.28. The zero-order chi connectivity index (χ0) is 19.2. The van der Waals surface area contributed by atoms with Crippen molar-refractivity contribution in [2.24, 2.45) is 5.92 Å². The molecule has 1 heterocycles. The van der Waals surface area contributed by atoms with Crippen LogP contribution in [-0.2, 0) is 11.3 Å². The normalized spacial score (nSPS) is 17.3. The van der Waals surface area contributed by atoms with Gasteiger partial charge in [0.2, 0.25) is 0 Å². The van der Waals surface area contributed by atoms with Gasteiger partial charge in [-0.3, -0.25) is 9.69 Å². The van der Waals surface area contributed by atoms with Gasteiger partial charge in [-0.05, 0) is 49.2 Å². The van der Waals surface area contributed by atoms with Crippen molar-refractivity contribution in [2.45, 2.75) is 19.4 Å². The minimum Gasteiger partial charge on any atom is -0.496 e. The van der Waals surface area contributed by atoms with Gasteiger partial charge in [-0.1, -0.05) is 24.3 Å². The number of carbonyl (C=O) groups excluding carboxylic acids is 2. The summed E-state index contributed by atoms with van der Waals surface area (Å²) >= 11 is 0. The molecule has 0 saturated carbocycles. The van der Waals surface area contributed by atoms with E-state index < -0.39 is 0 Å². The Morgan fingerprint density at radius 3 is 2.52 bits per heavy atom. The summed E-state index contributed by atoms with van der Waals surface area (Å²) in [6.07, 6.45) is 1.89. The van der Waals surface area contributed by atoms with Crippen LogP contribution in [0.25, 0.3) is 0 Å². The van der Waals surface area contributed by atoms with Crippen LogP contribution in [0.1, 0.15) is 39.1 Å². The maximum absolute atomic E-state index is 13.0. The zero-order valence-electron chi connectivity index (χ0n) is 15.8. The Bertz CT molecular complexity index is 800. The molecule has 142 valence electrons. The van der Waals surface area contributed by atoms with Crippen LogP contribution in [-0.4, -0.2) is 44.0 Å². The zero-order valence-corrected chi connectivity index (χ0v) is 15.8. The average molecular weight is 367 g/mol. The first-order valence-electron chi connectivity index (χ1n) is 9.19. The third kappa shape index (κ3) is 4.55. The van der Waals surface area contributed by atoms with E-state index in [-0.39, 0.29) is 17.7 Å². The molecular formula is C22H25NO4. The van der Waals surface area contributed by atoms with Gasteiger partial charge in [0.1, 0.15) is 5.75 Å². The van der Waals surface area contributed by atoms with Crippen molar-refractivity contribution in [1.82, 2.24) is 4.90 Å². The predicted octanol–water partition coefficient (Wildman–Crippen LogP) is 3.58. The number of carbonyl (C=O) groups is 2. The van der Waals surface area contributed by atoms with Crippen molar-refractivity contribution in [3.05, 3.63) is 65.2 Å². The summed E-state index contributed by atoms with van der Waals surface area (Å²) in [4.78, 5) is 26.8. The molecule has 1 aliphatic rings. The second-order valence-corrected chi connectivity index (χ2v) is 6.83. The van der Waals surface area contributed by atoms with E-state index in [1.54, 1.807) is 19.2 Å². The topological polar surface area (TPSA) is 55.8 Å². The molecule has 0 aromatic heterocycles. The molecular weight excluding hydrogens is 342 g/mol. The Hall–Kier alpha value is -2.66. The Balaban J connectivity index is 1.65. The van der Waals surface area contributed by atoms with Gasteiger partial charge in [0.05, 0.1) is 25.3 Å². The number of likely N-dealkylation sites (tertiary alicyclic amines) is 1. The number of ketones is 1. The molecule has 1 saturated heterocycles. The fraction of sp³-hybridized carbons (Fsp3) is 0.364. The number of esters is 1. The van der Waals surface area contributed by atoms with Gasteiger partial charge in [-0.25, -0.2) is 4.79 Å². The van der Waals surface area contributed by atoms with Crippen molar-refractivity contribution in [1.29, 1.82) is 0 Å². The molecule has 3 rings (SSSR count). The van der Waals surface area contributed by atoms with Crippen LogP contribution in [0.3, 0.4) is 0 Å². The smallest absolute Gasteiger partial charge is 0.337 e. The maximum atomic E-state index is 13.0. The van der Waals surface area contributed by atoms with Crippen molar-refractivity contribution >= 4 is 11.8 Å². The summed E-state index contributed by atoms with van der Waals surface area (Å²) in [6.45, 7) is 2.46. The Labute approximate surface area is 159 Å². The number of piperidine rings is 1. The van der Waals surface area contributed by atoms with Gasteiger partial charge in [0.25, 0.3) is 0 Å². The standard InChI is InChI=1S/C22H25NO4/c1-26-20-8-4-3-7-19(20)21(24)18-6-5-13-23(15-18)14-16-9-11-17(12-10-16)22(25)27-2/h3-4,7-12,18H,5-6,13-15H2,1-2H3/t18-/m0/s1. The van der Waals surface area contributed by atoms with Crippen LogP contribution in [0.2, 0.25) is 0 Å². The molecule has 0 aliphatic carbocycles. The molecule has 0 N–H and O–H groups in total. The van der Waals surface area contributed by atoms with Crippen LogP contribution >= 0.6 is 0 Å². The van der Waals surface area contributed by atoms with E-state index in [1.165, 1.54) is 7.11 Å². The molecule has 0 radical (unpaired) electrons. The van der Waals surface area contributed by atoms with Gasteiger partial charge in [0.15, 0.2) is 5.78 Å². The molecule has 2 aromatic carbocycles. The van der Waals surface area contributed by atoms with Crippen LogP contribution in [0.15, 0.2) is 48.5 Å². The van der Waals surface area contributed by atoms with Crippen LogP contribution in [0, 0.1) is 5.92 Å². The SMILES string of the molecule is COC(=O)c1ccc(CN2CCC[C@H](C(=O)c3ccccc3OC)C2)cc1. The highest BCUT2D eigenvalue weighted by Crippen LogP contribution is 2.26. The lowest BCUT2D eigenvalue weighted by atomic mass is 9.89. The van der Waals surface area contributed by atoms with E-state index in [9.17, 15) is 9.59 Å². The summed E-state index contributed by atoms with van der Waals surface area (Å²) < 4.78 is 10.1. The number of hydrogen-bond donors (Lipinski definition) is 0. The maximum Gasteiger partial charge on any atom is 0.337 e. The Kier molecular flexibility index (Phi) is 6.24. The Morgan fingerprint density at radius 2 is 1.81 bits per heavy atom. The molecule has 0 amide bonds. The number of para-hydroxylation sites is 1. The van der Waals surface area contributed by atoms with Gasteiger partial charge in [0, 0.05) is 19.0 Å². The van der Waals surface area contributed by atoms with E-state index in [2.05, 4.69) is 4.90 Å². The van der Waals surface area contributed by atoms with Gasteiger partial charge in [-0.15, -0.1) is 0 Å². The molecule has 2 aromatic rings. The summed E-state index contributed by atoms with van der Waals surface area (Å²) in [6, 6.07) is 14.9. The summed E-state index contributed by atoms with van der Waals surface area (Å²) in [5, 5.41) is 0. The molecule has 5 heteroatoms. The minimum absolute atomic E-state index is 0.0237. The number of Topliss-reactive ketones (excluding diaryl/α,β-unsaturated/α-hetero) is 1.